The summed E-state index contributed by atoms with van der Waals surface area (Å²) in [7, 11) is 0. The zero-order chi connectivity index (χ0) is 29.5. The minimum Gasteiger partial charge on any atom is -0.489 e. The number of pyridine rings is 1. The second-order valence-electron chi connectivity index (χ2n) is 9.94. The molecule has 1 atom stereocenters. The summed E-state index contributed by atoms with van der Waals surface area (Å²) in [5.74, 6) is -0.392. The van der Waals surface area contributed by atoms with Crippen LogP contribution in [0.4, 0.5) is 25.0 Å². The number of ether oxygens (including phenoxy) is 2. The van der Waals surface area contributed by atoms with Crippen LogP contribution in [0.3, 0.4) is 0 Å². The van der Waals surface area contributed by atoms with Crippen LogP contribution in [0.2, 0.25) is 0 Å². The lowest BCUT2D eigenvalue weighted by Crippen LogP contribution is -2.38. The van der Waals surface area contributed by atoms with Gasteiger partial charge < -0.3 is 30.1 Å². The quantitative estimate of drug-likeness (QED) is 0.223. The summed E-state index contributed by atoms with van der Waals surface area (Å²) >= 11 is 0. The van der Waals surface area contributed by atoms with E-state index in [-0.39, 0.29) is 23.6 Å². The number of nitrogens with zero attached hydrogens (tertiary/aromatic N) is 3. The highest BCUT2D eigenvalue weighted by molar-refractivity contribution is 5.99. The number of hydrogen-bond acceptors (Lipinski definition) is 7. The minimum atomic E-state index is -0.739. The second-order valence-corrected chi connectivity index (χ2v) is 9.94. The molecule has 0 bridgehead atoms. The fraction of sp³-hybridized carbons (Fsp3) is 0.258. The minimum absolute atomic E-state index is 0.0362. The molecular weight excluding hydrogens is 544 g/mol. The molecule has 0 radical (unpaired) electrons. The van der Waals surface area contributed by atoms with Crippen molar-refractivity contribution in [3.05, 3.63) is 84.1 Å². The molecule has 1 aliphatic heterocycles. The number of halogens is 2. The van der Waals surface area contributed by atoms with Gasteiger partial charge in [0.05, 0.1) is 16.8 Å². The highest BCUT2D eigenvalue weighted by Crippen LogP contribution is 2.34. The Labute approximate surface area is 241 Å². The molecule has 9 nitrogen and oxygen atoms in total. The molecule has 0 spiro atoms. The van der Waals surface area contributed by atoms with Crippen LogP contribution in [0.1, 0.15) is 24.8 Å². The van der Waals surface area contributed by atoms with E-state index in [1.54, 1.807) is 18.2 Å². The molecule has 1 aliphatic rings. The molecule has 1 fully saturated rings. The normalized spacial score (nSPS) is 14.1. The Morgan fingerprint density at radius 3 is 2.55 bits per heavy atom. The van der Waals surface area contributed by atoms with Gasteiger partial charge in [0.25, 0.3) is 0 Å². The Morgan fingerprint density at radius 1 is 1.02 bits per heavy atom. The van der Waals surface area contributed by atoms with Crippen molar-refractivity contribution in [2.45, 2.75) is 25.4 Å². The van der Waals surface area contributed by atoms with E-state index in [0.717, 1.165) is 32.0 Å². The van der Waals surface area contributed by atoms with E-state index in [4.69, 9.17) is 9.47 Å². The van der Waals surface area contributed by atoms with Crippen LogP contribution in [0.5, 0.6) is 17.2 Å². The maximum atomic E-state index is 14.8. The first-order valence-electron chi connectivity index (χ1n) is 13.5. The van der Waals surface area contributed by atoms with E-state index in [0.29, 0.717) is 34.6 Å². The summed E-state index contributed by atoms with van der Waals surface area (Å²) in [6.45, 7) is 2.46. The van der Waals surface area contributed by atoms with Crippen LogP contribution >= 0.6 is 0 Å². The first kappa shape index (κ1) is 28.7. The Kier molecular flexibility index (Phi) is 9.06. The van der Waals surface area contributed by atoms with Gasteiger partial charge in [0.2, 0.25) is 0 Å². The van der Waals surface area contributed by atoms with Gasteiger partial charge in [-0.3, -0.25) is 4.98 Å². The third-order valence-corrected chi connectivity index (χ3v) is 6.79. The maximum Gasteiger partial charge on any atom is 0.323 e. The smallest absolute Gasteiger partial charge is 0.323 e. The highest BCUT2D eigenvalue weighted by atomic mass is 19.1. The molecule has 2 heterocycles. The molecule has 1 aromatic heterocycles. The number of β-amino-alcohol motifs (C(OH)–C–C–N with tert-alkyl or cyclic N) is 1. The predicted octanol–water partition coefficient (Wildman–Crippen LogP) is 6.05. The number of fused-ring (bicyclic) bond motifs is 1. The lowest BCUT2D eigenvalue weighted by molar-refractivity contribution is 0.0617. The van der Waals surface area contributed by atoms with E-state index < -0.39 is 23.8 Å². The maximum absolute atomic E-state index is 14.8. The van der Waals surface area contributed by atoms with Gasteiger partial charge in [-0.2, -0.15) is 5.26 Å². The lowest BCUT2D eigenvalue weighted by Gasteiger charge is -2.28. The summed E-state index contributed by atoms with van der Waals surface area (Å²) < 4.78 is 39.6. The van der Waals surface area contributed by atoms with E-state index in [1.165, 1.54) is 49.0 Å². The summed E-state index contributed by atoms with van der Waals surface area (Å²) in [5, 5.41) is 25.6. The van der Waals surface area contributed by atoms with E-state index in [2.05, 4.69) is 26.6 Å². The molecule has 0 unspecified atom stereocenters. The van der Waals surface area contributed by atoms with Crippen molar-refractivity contribution >= 4 is 28.3 Å². The number of nitriles is 1. The Hall–Kier alpha value is -4.79. The number of benzene rings is 3. The molecule has 3 N–H and O–H groups in total. The standard InChI is InChI=1S/C31H29F2N5O4/c32-21-4-6-22(7-5-21)36-31(40)37-27-9-8-24(15-26(27)33)42-29-10-11-35-28-16-30(20(17-34)14-25(28)29)41-19-23(39)18-38-12-2-1-3-13-38/h4-11,14-16,23,39H,1-3,12-13,18-19H2,(H2,36,37,40)/t23-/m1/s1. The van der Waals surface area contributed by atoms with Crippen molar-refractivity contribution in [3.8, 4) is 23.3 Å². The number of aliphatic hydroxyl groups excluding tert-OH is 1. The van der Waals surface area contributed by atoms with Crippen molar-refractivity contribution in [1.82, 2.24) is 9.88 Å². The van der Waals surface area contributed by atoms with E-state index >= 15 is 0 Å². The zero-order valence-corrected chi connectivity index (χ0v) is 22.6. The predicted molar refractivity (Wildman–Crippen MR) is 154 cm³/mol. The van der Waals surface area contributed by atoms with Gasteiger partial charge in [-0.1, -0.05) is 6.42 Å². The molecule has 0 saturated carbocycles. The number of anilines is 2. The third kappa shape index (κ3) is 7.28. The number of urea groups is 1. The van der Waals surface area contributed by atoms with Gasteiger partial charge in [0, 0.05) is 35.9 Å². The second kappa shape index (κ2) is 13.2. The first-order valence-corrected chi connectivity index (χ1v) is 13.5. The van der Waals surface area contributed by atoms with Crippen molar-refractivity contribution in [3.63, 3.8) is 0 Å². The monoisotopic (exact) mass is 573 g/mol. The Morgan fingerprint density at radius 2 is 1.81 bits per heavy atom. The van der Waals surface area contributed by atoms with E-state index in [9.17, 15) is 23.9 Å². The van der Waals surface area contributed by atoms with Crippen LogP contribution < -0.4 is 20.1 Å². The highest BCUT2D eigenvalue weighted by Gasteiger charge is 2.17. The van der Waals surface area contributed by atoms with Crippen LogP contribution in [0, 0.1) is 23.0 Å². The summed E-state index contributed by atoms with van der Waals surface area (Å²) in [5.41, 5.74) is 0.988. The summed E-state index contributed by atoms with van der Waals surface area (Å²) in [6.07, 6.45) is 4.27. The van der Waals surface area contributed by atoms with Gasteiger partial charge >= 0.3 is 6.03 Å². The van der Waals surface area contributed by atoms with Crippen molar-refractivity contribution in [1.29, 1.82) is 5.26 Å². The largest absolute Gasteiger partial charge is 0.489 e. The van der Waals surface area contributed by atoms with Crippen LogP contribution in [0.15, 0.2) is 66.9 Å². The number of aromatic nitrogens is 1. The molecule has 216 valence electrons. The zero-order valence-electron chi connectivity index (χ0n) is 22.6. The molecule has 2 amide bonds. The van der Waals surface area contributed by atoms with Crippen LogP contribution in [-0.4, -0.2) is 53.4 Å². The number of piperidine rings is 1. The molecular formula is C31H29F2N5O4. The molecule has 11 heteroatoms. The van der Waals surface area contributed by atoms with Gasteiger partial charge in [-0.25, -0.2) is 13.6 Å². The average molecular weight is 574 g/mol. The summed E-state index contributed by atoms with van der Waals surface area (Å²) in [6, 6.07) is 15.3. The number of aliphatic hydroxyl groups is 1. The number of amides is 2. The number of carbonyl (C=O) groups is 1. The van der Waals surface area contributed by atoms with Gasteiger partial charge in [-0.05, 0) is 74.5 Å². The Balaban J connectivity index is 1.26. The molecule has 0 aliphatic carbocycles. The van der Waals surface area contributed by atoms with Crippen LogP contribution in [0.25, 0.3) is 10.9 Å². The fourth-order valence-electron chi connectivity index (χ4n) is 4.73. The Bertz CT molecular complexity index is 1600. The first-order chi connectivity index (χ1) is 20.4. The third-order valence-electron chi connectivity index (χ3n) is 6.79. The lowest BCUT2D eigenvalue weighted by atomic mass is 10.1. The number of hydrogen-bond donors (Lipinski definition) is 3. The fourth-order valence-corrected chi connectivity index (χ4v) is 4.73. The van der Waals surface area contributed by atoms with Crippen molar-refractivity contribution < 1.29 is 28.2 Å². The molecule has 3 aromatic carbocycles. The number of likely N-dealkylation sites (tertiary alicyclic amines) is 1. The SMILES string of the molecule is N#Cc1cc2c(Oc3ccc(NC(=O)Nc4ccc(F)cc4)c(F)c3)ccnc2cc1OC[C@H](O)CN1CCCCC1. The molecule has 5 rings (SSSR count). The topological polar surface area (TPSA) is 120 Å². The molecule has 42 heavy (non-hydrogen) atoms. The number of rotatable bonds is 9. The number of carbonyl (C=O) groups excluding carboxylic acids is 1. The molecule has 4 aromatic rings. The van der Waals surface area contributed by atoms with E-state index in [1.807, 2.05) is 0 Å². The van der Waals surface area contributed by atoms with Gasteiger partial charge in [0.15, 0.2) is 0 Å². The van der Waals surface area contributed by atoms with Gasteiger partial charge in [0.1, 0.15) is 47.7 Å². The average Bonchev–Trinajstić information content (AvgIpc) is 2.99. The van der Waals surface area contributed by atoms with Crippen molar-refractivity contribution in [2.24, 2.45) is 0 Å². The number of nitrogens with one attached hydrogen (secondary N) is 2. The van der Waals surface area contributed by atoms with Gasteiger partial charge in [-0.15, -0.1) is 0 Å². The van der Waals surface area contributed by atoms with Crippen LogP contribution in [-0.2, 0) is 0 Å². The molecule has 1 saturated heterocycles. The summed E-state index contributed by atoms with van der Waals surface area (Å²) in [4.78, 5) is 18.8. The van der Waals surface area contributed by atoms with Crippen molar-refractivity contribution in [2.75, 3.05) is 36.9 Å².